The number of amides is 1. The smallest absolute Gasteiger partial charge is 0.335 e. The van der Waals surface area contributed by atoms with Crippen LogP contribution in [0.15, 0.2) is 24.3 Å². The molecule has 1 aromatic heterocycles. The van der Waals surface area contributed by atoms with Crippen molar-refractivity contribution < 1.29 is 40.2 Å². The SMILES string of the molecule is CNC[C@H](O)[C@@H](O)[C@H](O)[C@H](O)CO.O=C(O)c1cccc(NC(=O)c2nc(C3CCCCCCCCCCC3)[nH]c2CCC23CC4CC(CC(C4)C2)C3)c1. The van der Waals surface area contributed by atoms with Crippen LogP contribution in [0.5, 0.6) is 0 Å². The normalized spacial score (nSPS) is 27.0. The van der Waals surface area contributed by atoms with E-state index in [1.807, 2.05) is 0 Å². The molecule has 302 valence electrons. The molecule has 0 unspecified atom stereocenters. The van der Waals surface area contributed by atoms with Crippen LogP contribution >= 0.6 is 0 Å². The number of nitrogens with zero attached hydrogens (tertiary/aromatic N) is 1. The molecule has 5 aliphatic rings. The summed E-state index contributed by atoms with van der Waals surface area (Å²) >= 11 is 0. The van der Waals surface area contributed by atoms with E-state index in [4.69, 9.17) is 25.4 Å². The van der Waals surface area contributed by atoms with Crippen molar-refractivity contribution in [1.82, 2.24) is 15.3 Å². The van der Waals surface area contributed by atoms with Crippen LogP contribution in [0.25, 0.3) is 0 Å². The Balaban J connectivity index is 0.000000370. The average molecular weight is 755 g/mol. The summed E-state index contributed by atoms with van der Waals surface area (Å²) in [6, 6.07) is 6.49. The molecule has 9 N–H and O–H groups in total. The Morgan fingerprint density at radius 3 is 1.94 bits per heavy atom. The van der Waals surface area contributed by atoms with Crippen molar-refractivity contribution in [3.8, 4) is 0 Å². The van der Waals surface area contributed by atoms with E-state index < -0.39 is 37.0 Å². The predicted molar refractivity (Wildman–Crippen MR) is 207 cm³/mol. The molecule has 12 heteroatoms. The number of benzene rings is 1. The highest BCUT2D eigenvalue weighted by Crippen LogP contribution is 2.61. The number of aryl methyl sites for hydroxylation is 1. The number of likely N-dealkylation sites (N-methyl/N-ethyl adjacent to an activating group) is 1. The molecular formula is C42H66N4O8. The topological polar surface area (TPSA) is 208 Å². The Kier molecular flexibility index (Phi) is 15.9. The van der Waals surface area contributed by atoms with Gasteiger partial charge < -0.3 is 46.3 Å². The summed E-state index contributed by atoms with van der Waals surface area (Å²) < 4.78 is 0. The molecule has 0 radical (unpaired) electrons. The Morgan fingerprint density at radius 1 is 0.852 bits per heavy atom. The summed E-state index contributed by atoms with van der Waals surface area (Å²) in [7, 11) is 1.57. The zero-order valence-corrected chi connectivity index (χ0v) is 32.2. The molecule has 5 saturated carbocycles. The Morgan fingerprint density at radius 2 is 1.41 bits per heavy atom. The predicted octanol–water partition coefficient (Wildman–Crippen LogP) is 5.54. The molecule has 0 spiro atoms. The Labute approximate surface area is 320 Å². The van der Waals surface area contributed by atoms with E-state index in [2.05, 4.69) is 15.6 Å². The minimum absolute atomic E-state index is 0.0936. The first-order valence-electron chi connectivity index (χ1n) is 20.7. The van der Waals surface area contributed by atoms with Crippen LogP contribution in [-0.2, 0) is 6.42 Å². The van der Waals surface area contributed by atoms with Crippen molar-refractivity contribution in [1.29, 1.82) is 0 Å². The van der Waals surface area contributed by atoms with Gasteiger partial charge >= 0.3 is 5.97 Å². The number of anilines is 1. The van der Waals surface area contributed by atoms with Crippen molar-refractivity contribution >= 4 is 17.6 Å². The monoisotopic (exact) mass is 754 g/mol. The molecule has 7 rings (SSSR count). The lowest BCUT2D eigenvalue weighted by Crippen LogP contribution is -2.48. The van der Waals surface area contributed by atoms with E-state index in [1.165, 1.54) is 102 Å². The third-order valence-electron chi connectivity index (χ3n) is 12.7. The van der Waals surface area contributed by atoms with Gasteiger partial charge in [0.1, 0.15) is 29.8 Å². The molecule has 2 aromatic rings. The first-order valence-corrected chi connectivity index (χ1v) is 20.7. The van der Waals surface area contributed by atoms with Crippen LogP contribution in [0.1, 0.15) is 154 Å². The maximum absolute atomic E-state index is 13.7. The minimum atomic E-state index is -1.55. The summed E-state index contributed by atoms with van der Waals surface area (Å²) in [5.74, 6) is 2.87. The van der Waals surface area contributed by atoms with Gasteiger partial charge in [-0.05, 0) is 113 Å². The van der Waals surface area contributed by atoms with Gasteiger partial charge in [-0.15, -0.1) is 0 Å². The van der Waals surface area contributed by atoms with Crippen LogP contribution < -0.4 is 10.6 Å². The fourth-order valence-corrected chi connectivity index (χ4v) is 10.2. The average Bonchev–Trinajstić information content (AvgIpc) is 3.58. The molecule has 0 saturated heterocycles. The Hall–Kier alpha value is -2.87. The number of aliphatic hydroxyl groups is 5. The van der Waals surface area contributed by atoms with Crippen LogP contribution in [0.3, 0.4) is 0 Å². The standard InChI is InChI=1S/C35H49N3O3.C7H17NO5/c39-33(36-29-14-10-13-28(20-29)34(40)41)31-30(15-16-35-21-24-17-25(22-35)19-26(18-24)23-35)37-32(38-31)27-11-8-6-4-2-1-3-5-7-9-12-27;1-8-2-4(10)6(12)7(13)5(11)3-9/h10,13-14,20,24-27H,1-9,11-12,15-19,21-23H2,(H,36,39)(H,37,38)(H,40,41);4-13H,2-3H2,1H3/t;4-,5+,6+,7+/m.0/s1. The van der Waals surface area contributed by atoms with Crippen LogP contribution in [-0.4, -0.2) is 97.1 Å². The summed E-state index contributed by atoms with van der Waals surface area (Å²) in [6.07, 6.45) is 18.8. The van der Waals surface area contributed by atoms with Crippen molar-refractivity contribution in [2.24, 2.45) is 23.2 Å². The fourth-order valence-electron chi connectivity index (χ4n) is 10.2. The lowest BCUT2D eigenvalue weighted by atomic mass is 9.48. The number of hydrogen-bond acceptors (Lipinski definition) is 9. The maximum atomic E-state index is 13.7. The number of hydrogen-bond donors (Lipinski definition) is 9. The summed E-state index contributed by atoms with van der Waals surface area (Å²) in [4.78, 5) is 34.0. The van der Waals surface area contributed by atoms with Gasteiger partial charge in [0.2, 0.25) is 0 Å². The van der Waals surface area contributed by atoms with Gasteiger partial charge in [0.15, 0.2) is 0 Å². The molecule has 1 amide bonds. The highest BCUT2D eigenvalue weighted by Gasteiger charge is 2.50. The van der Waals surface area contributed by atoms with E-state index in [1.54, 1.807) is 25.2 Å². The molecule has 5 fully saturated rings. The van der Waals surface area contributed by atoms with Gasteiger partial charge in [-0.25, -0.2) is 9.78 Å². The maximum Gasteiger partial charge on any atom is 0.335 e. The third-order valence-corrected chi connectivity index (χ3v) is 12.7. The van der Waals surface area contributed by atoms with Gasteiger partial charge in [0.25, 0.3) is 5.91 Å². The second-order valence-electron chi connectivity index (χ2n) is 17.0. The number of carboxylic acids is 1. The molecule has 4 bridgehead atoms. The molecule has 5 aliphatic carbocycles. The van der Waals surface area contributed by atoms with Crippen molar-refractivity contribution in [2.45, 2.75) is 152 Å². The quantitative estimate of drug-likeness (QED) is 0.125. The molecule has 54 heavy (non-hydrogen) atoms. The molecule has 12 nitrogen and oxygen atoms in total. The van der Waals surface area contributed by atoms with Gasteiger partial charge in [0, 0.05) is 23.8 Å². The van der Waals surface area contributed by atoms with Gasteiger partial charge in [0.05, 0.1) is 18.3 Å². The summed E-state index contributed by atoms with van der Waals surface area (Å²) in [6.45, 7) is -0.569. The highest BCUT2D eigenvalue weighted by atomic mass is 16.4. The first kappa shape index (κ1) is 42.3. The van der Waals surface area contributed by atoms with E-state index in [0.717, 1.165) is 55.0 Å². The van der Waals surface area contributed by atoms with Crippen molar-refractivity contribution in [3.63, 3.8) is 0 Å². The Bertz CT molecular complexity index is 1430. The molecule has 1 heterocycles. The van der Waals surface area contributed by atoms with E-state index >= 15 is 0 Å². The van der Waals surface area contributed by atoms with Crippen LogP contribution in [0.4, 0.5) is 5.69 Å². The lowest BCUT2D eigenvalue weighted by molar-refractivity contribution is -0.113. The van der Waals surface area contributed by atoms with Crippen molar-refractivity contribution in [3.05, 3.63) is 47.0 Å². The fraction of sp³-hybridized carbons (Fsp3) is 0.738. The number of rotatable bonds is 13. The number of H-pyrrole nitrogens is 1. The molecule has 4 atom stereocenters. The second-order valence-corrected chi connectivity index (χ2v) is 17.0. The summed E-state index contributed by atoms with van der Waals surface area (Å²) in [5, 5.41) is 59.9. The molecule has 1 aromatic carbocycles. The van der Waals surface area contributed by atoms with E-state index in [0.29, 0.717) is 22.7 Å². The van der Waals surface area contributed by atoms with Gasteiger partial charge in [-0.1, -0.05) is 63.9 Å². The summed E-state index contributed by atoms with van der Waals surface area (Å²) in [5.41, 5.74) is 2.60. The number of imidazole rings is 1. The van der Waals surface area contributed by atoms with Crippen LogP contribution in [0.2, 0.25) is 0 Å². The number of carboxylic acid groups (broad SMARTS) is 1. The van der Waals surface area contributed by atoms with E-state index in [9.17, 15) is 19.8 Å². The largest absolute Gasteiger partial charge is 0.478 e. The number of nitrogens with one attached hydrogen (secondary N) is 3. The second kappa shape index (κ2) is 20.3. The van der Waals surface area contributed by atoms with Crippen molar-refractivity contribution in [2.75, 3.05) is 25.5 Å². The number of aliphatic hydroxyl groups excluding tert-OH is 5. The third kappa shape index (κ3) is 11.6. The zero-order valence-electron chi connectivity index (χ0n) is 32.2. The van der Waals surface area contributed by atoms with E-state index in [-0.39, 0.29) is 18.0 Å². The number of aromatic nitrogens is 2. The lowest BCUT2D eigenvalue weighted by Gasteiger charge is -2.57. The van der Waals surface area contributed by atoms with Crippen LogP contribution in [0, 0.1) is 23.2 Å². The highest BCUT2D eigenvalue weighted by molar-refractivity contribution is 6.04. The minimum Gasteiger partial charge on any atom is -0.478 e. The molecule has 0 aliphatic heterocycles. The zero-order chi connectivity index (χ0) is 38.7. The number of carbonyl (C=O) groups excluding carboxylic acids is 1. The number of carbonyl (C=O) groups is 2. The van der Waals surface area contributed by atoms with Gasteiger partial charge in [-0.2, -0.15) is 0 Å². The van der Waals surface area contributed by atoms with Gasteiger partial charge in [-0.3, -0.25) is 4.79 Å². The number of aromatic amines is 1. The molecular weight excluding hydrogens is 688 g/mol. The first-order chi connectivity index (χ1) is 26.0. The number of aromatic carboxylic acids is 1.